The van der Waals surface area contributed by atoms with Gasteiger partial charge in [0.1, 0.15) is 5.75 Å². The number of hydrogen-bond donors (Lipinski definition) is 3. The van der Waals surface area contributed by atoms with Crippen molar-refractivity contribution in [1.82, 2.24) is 18.6 Å². The summed E-state index contributed by atoms with van der Waals surface area (Å²) in [6.45, 7) is 8.67. The van der Waals surface area contributed by atoms with Gasteiger partial charge < -0.3 is 24.5 Å². The second-order valence-corrected chi connectivity index (χ2v) is 19.6. The number of carboxylic acids is 1. The van der Waals surface area contributed by atoms with Crippen molar-refractivity contribution < 1.29 is 36.2 Å². The molecule has 61 heavy (non-hydrogen) atoms. The summed E-state index contributed by atoms with van der Waals surface area (Å²) in [4.78, 5) is 40.2. The summed E-state index contributed by atoms with van der Waals surface area (Å²) in [7, 11) is -8.35. The molecule has 0 spiro atoms. The lowest BCUT2D eigenvalue weighted by molar-refractivity contribution is -0.139. The maximum Gasteiger partial charge on any atom is 0.341 e. The smallest absolute Gasteiger partial charge is 0.341 e. The van der Waals surface area contributed by atoms with Crippen LogP contribution in [-0.2, 0) is 29.6 Å². The van der Waals surface area contributed by atoms with Crippen molar-refractivity contribution >= 4 is 37.0 Å². The maximum absolute atomic E-state index is 14.4. The molecule has 1 aromatic heterocycles. The van der Waals surface area contributed by atoms with E-state index in [9.17, 15) is 36.3 Å². The first-order valence-electron chi connectivity index (χ1n) is 20.3. The Morgan fingerprint density at radius 1 is 0.852 bits per heavy atom. The number of aryl methyl sites for hydroxylation is 1. The zero-order valence-corrected chi connectivity index (χ0v) is 35.9. The molecule has 4 aromatic carbocycles. The van der Waals surface area contributed by atoms with Crippen molar-refractivity contribution in [2.45, 2.75) is 74.4 Å². The first-order chi connectivity index (χ1) is 29.1. The molecule has 0 bridgehead atoms. The second-order valence-electron chi connectivity index (χ2n) is 15.8. The van der Waals surface area contributed by atoms with Gasteiger partial charge in [0, 0.05) is 43.6 Å². The Bertz CT molecular complexity index is 2780. The Hall–Kier alpha value is -5.39. The third-order valence-electron chi connectivity index (χ3n) is 11.7. The molecule has 3 heterocycles. The Morgan fingerprint density at radius 3 is 2.07 bits per heavy atom. The van der Waals surface area contributed by atoms with Crippen LogP contribution in [0.5, 0.6) is 5.75 Å². The molecule has 2 aliphatic rings. The first-order valence-corrected chi connectivity index (χ1v) is 23.2. The number of hydrogen-bond acceptors (Lipinski definition) is 9. The summed E-state index contributed by atoms with van der Waals surface area (Å²) in [6.07, 6.45) is 2.27. The van der Waals surface area contributed by atoms with Crippen LogP contribution < -0.4 is 15.9 Å². The van der Waals surface area contributed by atoms with Crippen molar-refractivity contribution in [3.63, 3.8) is 0 Å². The van der Waals surface area contributed by atoms with Crippen LogP contribution in [0, 0.1) is 12.8 Å². The minimum absolute atomic E-state index is 0.00177. The largest absolute Gasteiger partial charge is 0.482 e. The summed E-state index contributed by atoms with van der Waals surface area (Å²) < 4.78 is 71.7. The fourth-order valence-corrected chi connectivity index (χ4v) is 11.5. The van der Waals surface area contributed by atoms with Crippen molar-refractivity contribution in [2.75, 3.05) is 32.8 Å². The zero-order valence-electron chi connectivity index (χ0n) is 34.3. The monoisotopic (exact) mass is 870 g/mol. The normalized spacial score (nSPS) is 20.4. The Labute approximate surface area is 355 Å². The number of rotatable bonds is 14. The van der Waals surface area contributed by atoms with Crippen molar-refractivity contribution in [3.8, 4) is 16.9 Å². The van der Waals surface area contributed by atoms with Gasteiger partial charge in [0.15, 0.2) is 6.61 Å². The summed E-state index contributed by atoms with van der Waals surface area (Å²) in [5, 5.41) is 9.55. The quantitative estimate of drug-likeness (QED) is 0.0836. The third-order valence-corrected chi connectivity index (χ3v) is 15.6. The van der Waals surface area contributed by atoms with Crippen molar-refractivity contribution in [2.24, 2.45) is 5.92 Å². The summed E-state index contributed by atoms with van der Waals surface area (Å²) in [5.74, 6) is -1.29. The number of unbranched alkanes of at least 4 members (excludes halogenated alkanes) is 1. The van der Waals surface area contributed by atoms with Gasteiger partial charge in [-0.2, -0.15) is 8.61 Å². The predicted octanol–water partition coefficient (Wildman–Crippen LogP) is 6.35. The molecule has 0 radical (unpaired) electrons. The molecule has 0 unspecified atom stereocenters. The van der Waals surface area contributed by atoms with Gasteiger partial charge in [-0.05, 0) is 79.3 Å². The lowest BCUT2D eigenvalue weighted by Crippen LogP contribution is -2.50. The standard InChI is InChI=1S/C45H50N4O10S2/c1-5-6-12-40-35(32-15-13-31(14-16-32)30-10-8-7-9-11-30)25-34(28(2)3)43(59-40)36-24-33(17-18-39(36)58-27-42(50)51)60(54,55)48-19-21-49(22-20-48)61(56,57)41-26-38-37(23-29(41)4)46-44(52)45(53)47-38/h7-11,13-18,23-24,26,34-35,40,43H,2,5-6,12,19-22,25,27H2,1,3-4H3,(H,46,52)(H,47,53)(H,50,51)/t34-,35-,40+,43+/m0/s1. The number of nitrogens with one attached hydrogen (secondary N) is 2. The summed E-state index contributed by atoms with van der Waals surface area (Å²) in [6, 6.07) is 25.7. The Morgan fingerprint density at radius 2 is 1.46 bits per heavy atom. The van der Waals surface area contributed by atoms with E-state index in [1.165, 1.54) is 38.9 Å². The Balaban J connectivity index is 1.17. The van der Waals surface area contributed by atoms with Crippen LogP contribution in [0.3, 0.4) is 0 Å². The molecule has 5 aromatic rings. The molecule has 7 rings (SSSR count). The first kappa shape index (κ1) is 43.7. The highest BCUT2D eigenvalue weighted by Gasteiger charge is 2.42. The van der Waals surface area contributed by atoms with E-state index in [4.69, 9.17) is 9.47 Å². The van der Waals surface area contributed by atoms with Gasteiger partial charge >= 0.3 is 17.1 Å². The van der Waals surface area contributed by atoms with E-state index in [2.05, 4.69) is 59.9 Å². The number of piperazine rings is 1. The van der Waals surface area contributed by atoms with Gasteiger partial charge in [-0.15, -0.1) is 0 Å². The highest BCUT2D eigenvalue weighted by Crippen LogP contribution is 2.50. The zero-order chi connectivity index (χ0) is 43.6. The van der Waals surface area contributed by atoms with E-state index in [0.29, 0.717) is 17.5 Å². The lowest BCUT2D eigenvalue weighted by atomic mass is 9.74. The molecule has 0 amide bonds. The topological polar surface area (TPSA) is 196 Å². The molecule has 4 atom stereocenters. The highest BCUT2D eigenvalue weighted by atomic mass is 32.2. The number of fused-ring (bicyclic) bond motifs is 1. The minimum atomic E-state index is -4.21. The van der Waals surface area contributed by atoms with E-state index < -0.39 is 49.8 Å². The minimum Gasteiger partial charge on any atom is -0.482 e. The molecule has 0 saturated carbocycles. The molecular weight excluding hydrogens is 821 g/mol. The molecular formula is C45H50N4O10S2. The van der Waals surface area contributed by atoms with Crippen LogP contribution in [0.15, 0.2) is 116 Å². The van der Waals surface area contributed by atoms with E-state index in [1.54, 1.807) is 6.92 Å². The molecule has 2 saturated heterocycles. The van der Waals surface area contributed by atoms with Crippen LogP contribution in [-0.4, -0.2) is 85.4 Å². The van der Waals surface area contributed by atoms with Gasteiger partial charge in [-0.1, -0.05) is 86.5 Å². The Kier molecular flexibility index (Phi) is 12.8. The van der Waals surface area contributed by atoms with Crippen LogP contribution in [0.1, 0.15) is 68.2 Å². The number of benzene rings is 4. The number of aromatic amines is 2. The molecule has 2 aliphatic heterocycles. The number of aromatic nitrogens is 2. The molecule has 2 fully saturated rings. The predicted molar refractivity (Wildman–Crippen MR) is 232 cm³/mol. The summed E-state index contributed by atoms with van der Waals surface area (Å²) >= 11 is 0. The van der Waals surface area contributed by atoms with Crippen LogP contribution in [0.4, 0.5) is 0 Å². The number of H-pyrrole nitrogens is 2. The number of sulfonamides is 2. The van der Waals surface area contributed by atoms with Crippen molar-refractivity contribution in [1.29, 1.82) is 0 Å². The number of nitrogens with zero attached hydrogens (tertiary/aromatic N) is 2. The SMILES string of the molecule is C=C(C)[C@@H]1C[C@@H](c2ccc(-c3ccccc3)cc2)[C@@H](CCCC)O[C@H]1c1cc(S(=O)(=O)N2CCN(S(=O)(=O)c3cc4[nH]c(=O)c(=O)[nH]c4cc3C)CC2)ccc1OCC(=O)O. The van der Waals surface area contributed by atoms with Gasteiger partial charge in [0.25, 0.3) is 0 Å². The van der Waals surface area contributed by atoms with E-state index in [1.807, 2.05) is 25.1 Å². The molecule has 16 heteroatoms. The van der Waals surface area contributed by atoms with Crippen molar-refractivity contribution in [3.05, 3.63) is 134 Å². The van der Waals surface area contributed by atoms with E-state index in [-0.39, 0.29) is 70.7 Å². The molecule has 0 aliphatic carbocycles. The van der Waals surface area contributed by atoms with Gasteiger partial charge in [0.2, 0.25) is 20.0 Å². The molecule has 14 nitrogen and oxygen atoms in total. The maximum atomic E-state index is 14.4. The second kappa shape index (κ2) is 17.9. The summed E-state index contributed by atoms with van der Waals surface area (Å²) in [5.41, 5.74) is 3.51. The number of ether oxygens (including phenoxy) is 2. The van der Waals surface area contributed by atoms with Crippen LogP contribution >= 0.6 is 0 Å². The average Bonchev–Trinajstić information content (AvgIpc) is 3.25. The molecule has 322 valence electrons. The lowest BCUT2D eigenvalue weighted by Gasteiger charge is -2.43. The fourth-order valence-electron chi connectivity index (χ4n) is 8.41. The fraction of sp³-hybridized carbons (Fsp3) is 0.356. The van der Waals surface area contributed by atoms with Gasteiger partial charge in [-0.25, -0.2) is 21.6 Å². The number of carboxylic acid groups (broad SMARTS) is 1. The number of carbonyl (C=O) groups is 1. The number of aliphatic carboxylic acids is 1. The van der Waals surface area contributed by atoms with Crippen LogP contribution in [0.2, 0.25) is 0 Å². The van der Waals surface area contributed by atoms with Gasteiger partial charge in [-0.3, -0.25) is 9.59 Å². The third kappa shape index (κ3) is 9.14. The van der Waals surface area contributed by atoms with Crippen LogP contribution in [0.25, 0.3) is 22.2 Å². The van der Waals surface area contributed by atoms with E-state index >= 15 is 0 Å². The van der Waals surface area contributed by atoms with E-state index in [0.717, 1.165) is 41.5 Å². The van der Waals surface area contributed by atoms with Gasteiger partial charge in [0.05, 0.1) is 33.0 Å². The average molecular weight is 871 g/mol. The highest BCUT2D eigenvalue weighted by molar-refractivity contribution is 7.89. The molecule has 3 N–H and O–H groups in total.